The van der Waals surface area contributed by atoms with Crippen LogP contribution >= 0.6 is 0 Å². The largest absolute Gasteiger partial charge is 0.491 e. The molecule has 0 aliphatic carbocycles. The quantitative estimate of drug-likeness (QED) is 0.569. The predicted molar refractivity (Wildman–Crippen MR) is 102 cm³/mol. The van der Waals surface area contributed by atoms with Crippen LogP contribution in [-0.4, -0.2) is 32.2 Å². The van der Waals surface area contributed by atoms with Crippen molar-refractivity contribution in [1.82, 2.24) is 0 Å². The van der Waals surface area contributed by atoms with Crippen molar-refractivity contribution in [2.24, 2.45) is 0 Å². The molecule has 4 nitrogen and oxygen atoms in total. The standard InChI is InChI=1S/C22H25F3O4/c23-22(24,25)18-9-6-10-19(13-18)28-16-20(29-21-11-4-5-12-27-21)15-26-14-17-7-2-1-3-8-17/h1-3,6-10,13,20-21H,4-5,11-12,14-16H2. The third-order valence-corrected chi connectivity index (χ3v) is 4.49. The first-order valence-corrected chi connectivity index (χ1v) is 9.69. The maximum Gasteiger partial charge on any atom is 0.416 e. The van der Waals surface area contributed by atoms with Gasteiger partial charge in [0.05, 0.1) is 18.8 Å². The molecule has 1 aliphatic rings. The molecule has 0 saturated carbocycles. The van der Waals surface area contributed by atoms with Gasteiger partial charge in [-0.25, -0.2) is 0 Å². The summed E-state index contributed by atoms with van der Waals surface area (Å²) in [5.41, 5.74) is 0.280. The number of alkyl halides is 3. The highest BCUT2D eigenvalue weighted by Crippen LogP contribution is 2.31. The van der Waals surface area contributed by atoms with E-state index in [2.05, 4.69) is 0 Å². The molecule has 2 aromatic rings. The number of rotatable bonds is 9. The molecule has 2 atom stereocenters. The lowest BCUT2D eigenvalue weighted by molar-refractivity contribution is -0.203. The van der Waals surface area contributed by atoms with E-state index < -0.39 is 17.8 Å². The van der Waals surface area contributed by atoms with Crippen molar-refractivity contribution in [3.05, 3.63) is 65.7 Å². The Kier molecular flexibility index (Phi) is 7.91. The lowest BCUT2D eigenvalue weighted by Crippen LogP contribution is -2.34. The highest BCUT2D eigenvalue weighted by atomic mass is 19.4. The van der Waals surface area contributed by atoms with E-state index in [4.69, 9.17) is 18.9 Å². The lowest BCUT2D eigenvalue weighted by atomic mass is 10.2. The van der Waals surface area contributed by atoms with Crippen LogP contribution in [-0.2, 0) is 27.0 Å². The topological polar surface area (TPSA) is 36.9 Å². The van der Waals surface area contributed by atoms with Gasteiger partial charge in [-0.1, -0.05) is 36.4 Å². The first kappa shape index (κ1) is 21.6. The van der Waals surface area contributed by atoms with Crippen molar-refractivity contribution >= 4 is 0 Å². The molecule has 0 amide bonds. The number of halogens is 3. The molecule has 29 heavy (non-hydrogen) atoms. The van der Waals surface area contributed by atoms with E-state index in [9.17, 15) is 13.2 Å². The molecule has 0 spiro atoms. The number of hydrogen-bond acceptors (Lipinski definition) is 4. The van der Waals surface area contributed by atoms with Crippen LogP contribution in [0, 0.1) is 0 Å². The second-order valence-electron chi connectivity index (χ2n) is 6.89. The molecule has 1 fully saturated rings. The van der Waals surface area contributed by atoms with Gasteiger partial charge in [0, 0.05) is 6.61 Å². The highest BCUT2D eigenvalue weighted by Gasteiger charge is 2.30. The fourth-order valence-electron chi connectivity index (χ4n) is 2.99. The summed E-state index contributed by atoms with van der Waals surface area (Å²) in [6.07, 6.45) is -2.44. The SMILES string of the molecule is FC(F)(F)c1cccc(OCC(COCc2ccccc2)OC2CCCCO2)c1. The van der Waals surface area contributed by atoms with E-state index in [0.717, 1.165) is 37.0 Å². The molecule has 0 N–H and O–H groups in total. The van der Waals surface area contributed by atoms with E-state index in [0.29, 0.717) is 13.2 Å². The number of benzene rings is 2. The first-order chi connectivity index (χ1) is 14.0. The van der Waals surface area contributed by atoms with Crippen molar-refractivity contribution in [2.45, 2.75) is 44.4 Å². The summed E-state index contributed by atoms with van der Waals surface area (Å²) in [6, 6.07) is 14.5. The normalized spacial score (nSPS) is 18.4. The number of ether oxygens (including phenoxy) is 4. The third-order valence-electron chi connectivity index (χ3n) is 4.49. The molecule has 0 radical (unpaired) electrons. The Bertz CT molecular complexity index is 730. The molecule has 158 valence electrons. The molecular weight excluding hydrogens is 385 g/mol. The Hall–Kier alpha value is -2.09. The van der Waals surface area contributed by atoms with Crippen LogP contribution in [0.3, 0.4) is 0 Å². The van der Waals surface area contributed by atoms with Crippen molar-refractivity contribution in [2.75, 3.05) is 19.8 Å². The zero-order valence-corrected chi connectivity index (χ0v) is 16.1. The van der Waals surface area contributed by atoms with Gasteiger partial charge in [-0.2, -0.15) is 13.2 Å². The van der Waals surface area contributed by atoms with Gasteiger partial charge in [0.25, 0.3) is 0 Å². The highest BCUT2D eigenvalue weighted by molar-refractivity contribution is 5.30. The van der Waals surface area contributed by atoms with E-state index in [1.54, 1.807) is 0 Å². The summed E-state index contributed by atoms with van der Waals surface area (Å²) in [5.74, 6) is 0.140. The fourth-order valence-corrected chi connectivity index (χ4v) is 2.99. The average Bonchev–Trinajstić information content (AvgIpc) is 2.73. The molecule has 0 bridgehead atoms. The predicted octanol–water partition coefficient (Wildman–Crippen LogP) is 5.21. The molecule has 1 aliphatic heterocycles. The Morgan fingerprint density at radius 3 is 2.55 bits per heavy atom. The van der Waals surface area contributed by atoms with Crippen molar-refractivity contribution in [1.29, 1.82) is 0 Å². The van der Waals surface area contributed by atoms with E-state index >= 15 is 0 Å². The van der Waals surface area contributed by atoms with Crippen LogP contribution < -0.4 is 4.74 Å². The number of hydrogen-bond donors (Lipinski definition) is 0. The molecule has 2 unspecified atom stereocenters. The molecule has 2 aromatic carbocycles. The summed E-state index contributed by atoms with van der Waals surface area (Å²) >= 11 is 0. The zero-order valence-electron chi connectivity index (χ0n) is 16.1. The second-order valence-corrected chi connectivity index (χ2v) is 6.89. The second kappa shape index (κ2) is 10.6. The molecular formula is C22H25F3O4. The summed E-state index contributed by atoms with van der Waals surface area (Å²) < 4.78 is 61.6. The van der Waals surface area contributed by atoms with Crippen molar-refractivity contribution in [3.8, 4) is 5.75 Å². The maximum atomic E-state index is 12.9. The summed E-state index contributed by atoms with van der Waals surface area (Å²) in [6.45, 7) is 1.36. The Morgan fingerprint density at radius 1 is 1.00 bits per heavy atom. The van der Waals surface area contributed by atoms with Gasteiger partial charge in [-0.05, 0) is 43.0 Å². The summed E-state index contributed by atoms with van der Waals surface area (Å²) in [5, 5.41) is 0. The molecule has 1 saturated heterocycles. The average molecular weight is 410 g/mol. The summed E-state index contributed by atoms with van der Waals surface area (Å²) in [7, 11) is 0. The van der Waals surface area contributed by atoms with Gasteiger partial charge < -0.3 is 18.9 Å². The molecule has 3 rings (SSSR count). The third kappa shape index (κ3) is 7.34. The van der Waals surface area contributed by atoms with Crippen LogP contribution in [0.5, 0.6) is 5.75 Å². The van der Waals surface area contributed by atoms with Gasteiger partial charge in [0.1, 0.15) is 18.5 Å². The van der Waals surface area contributed by atoms with Gasteiger partial charge >= 0.3 is 6.18 Å². The van der Waals surface area contributed by atoms with Crippen molar-refractivity contribution < 1.29 is 32.1 Å². The summed E-state index contributed by atoms with van der Waals surface area (Å²) in [4.78, 5) is 0. The van der Waals surface area contributed by atoms with E-state index in [-0.39, 0.29) is 25.3 Å². The molecule has 1 heterocycles. The van der Waals surface area contributed by atoms with Gasteiger partial charge in [0.15, 0.2) is 6.29 Å². The fraction of sp³-hybridized carbons (Fsp3) is 0.455. The van der Waals surface area contributed by atoms with Crippen LogP contribution in [0.15, 0.2) is 54.6 Å². The van der Waals surface area contributed by atoms with Crippen LogP contribution in [0.25, 0.3) is 0 Å². The van der Waals surface area contributed by atoms with E-state index in [1.165, 1.54) is 12.1 Å². The minimum Gasteiger partial charge on any atom is -0.491 e. The van der Waals surface area contributed by atoms with Gasteiger partial charge in [-0.15, -0.1) is 0 Å². The van der Waals surface area contributed by atoms with Gasteiger partial charge in [0.2, 0.25) is 0 Å². The lowest BCUT2D eigenvalue weighted by Gasteiger charge is -2.27. The Morgan fingerprint density at radius 2 is 1.83 bits per heavy atom. The Labute approximate surface area is 168 Å². The van der Waals surface area contributed by atoms with Crippen molar-refractivity contribution in [3.63, 3.8) is 0 Å². The smallest absolute Gasteiger partial charge is 0.416 e. The minimum absolute atomic E-state index is 0.0654. The first-order valence-electron chi connectivity index (χ1n) is 9.69. The molecule has 7 heteroatoms. The van der Waals surface area contributed by atoms with Crippen LogP contribution in [0.2, 0.25) is 0 Å². The molecule has 0 aromatic heterocycles. The monoisotopic (exact) mass is 410 g/mol. The maximum absolute atomic E-state index is 12.9. The van der Waals surface area contributed by atoms with Crippen LogP contribution in [0.1, 0.15) is 30.4 Å². The van der Waals surface area contributed by atoms with Crippen LogP contribution in [0.4, 0.5) is 13.2 Å². The minimum atomic E-state index is -4.41. The zero-order chi connectivity index (χ0) is 20.5. The van der Waals surface area contributed by atoms with Gasteiger partial charge in [-0.3, -0.25) is 0 Å². The Balaban J connectivity index is 1.56. The van der Waals surface area contributed by atoms with E-state index in [1.807, 2.05) is 30.3 Å².